The summed E-state index contributed by atoms with van der Waals surface area (Å²) in [7, 11) is 0. The van der Waals surface area contributed by atoms with Crippen molar-refractivity contribution in [3.05, 3.63) is 23.0 Å². The molecule has 2 heteroatoms. The highest BCUT2D eigenvalue weighted by atomic mass is 16.1. The van der Waals surface area contributed by atoms with E-state index in [1.807, 2.05) is 0 Å². The van der Waals surface area contributed by atoms with E-state index >= 15 is 0 Å². The minimum atomic E-state index is 0.0787. The maximum Gasteiger partial charge on any atom is 0.164 e. The van der Waals surface area contributed by atoms with Crippen LogP contribution in [0.1, 0.15) is 55.4 Å². The molecule has 2 nitrogen and oxygen atoms in total. The molecule has 0 amide bonds. The molecule has 1 aromatic heterocycles. The Balaban J connectivity index is 2.62. The number of aryl methyl sites for hydroxylation is 1. The largest absolute Gasteiger partial charge is 0.343 e. The van der Waals surface area contributed by atoms with Gasteiger partial charge < -0.3 is 4.57 Å². The molecule has 1 aliphatic rings. The number of hydrogen-bond donors (Lipinski definition) is 0. The van der Waals surface area contributed by atoms with Gasteiger partial charge in [0.15, 0.2) is 5.78 Å². The molecule has 1 aromatic rings. The summed E-state index contributed by atoms with van der Waals surface area (Å²) in [4.78, 5) is 11.8. The zero-order valence-corrected chi connectivity index (χ0v) is 10.1. The molecule has 0 aromatic carbocycles. The maximum atomic E-state index is 11.8. The average Bonchev–Trinajstić information content (AvgIpc) is 2.41. The molecule has 82 valence electrons. The fraction of sp³-hybridized carbons (Fsp3) is 0.615. The third-order valence-corrected chi connectivity index (χ3v) is 3.08. The predicted molar refractivity (Wildman–Crippen MR) is 61.4 cm³/mol. The van der Waals surface area contributed by atoms with Crippen LogP contribution in [0.15, 0.2) is 6.07 Å². The van der Waals surface area contributed by atoms with Crippen molar-refractivity contribution in [2.24, 2.45) is 0 Å². The van der Waals surface area contributed by atoms with Crippen molar-refractivity contribution < 1.29 is 4.79 Å². The number of ketones is 1. The number of Topliss-reactive ketones (excluding diaryl/α,β-unsaturated/α-hetero) is 1. The Morgan fingerprint density at radius 2 is 1.93 bits per heavy atom. The van der Waals surface area contributed by atoms with Crippen molar-refractivity contribution in [1.29, 1.82) is 0 Å². The lowest BCUT2D eigenvalue weighted by Crippen LogP contribution is -2.26. The summed E-state index contributed by atoms with van der Waals surface area (Å²) >= 11 is 0. The number of aromatic nitrogens is 1. The molecule has 0 saturated carbocycles. The molecule has 0 aliphatic heterocycles. The van der Waals surface area contributed by atoms with E-state index in [0.29, 0.717) is 5.78 Å². The molecule has 1 aliphatic carbocycles. The lowest BCUT2D eigenvalue weighted by Gasteiger charge is -2.28. The molecule has 0 saturated heterocycles. The Labute approximate surface area is 91.3 Å². The van der Waals surface area contributed by atoms with Crippen LogP contribution >= 0.6 is 0 Å². The Kier molecular flexibility index (Phi) is 2.25. The van der Waals surface area contributed by atoms with Gasteiger partial charge in [-0.3, -0.25) is 4.79 Å². The predicted octanol–water partition coefficient (Wildman–Crippen LogP) is 3.07. The fourth-order valence-electron chi connectivity index (χ4n) is 2.66. The molecule has 0 unspecified atom stereocenters. The first-order valence-corrected chi connectivity index (χ1v) is 5.66. The first kappa shape index (κ1) is 10.5. The van der Waals surface area contributed by atoms with Gasteiger partial charge in [0.05, 0.1) is 0 Å². The van der Waals surface area contributed by atoms with Crippen LogP contribution in [0.25, 0.3) is 0 Å². The smallest absolute Gasteiger partial charge is 0.164 e. The van der Waals surface area contributed by atoms with E-state index in [1.54, 1.807) is 0 Å². The topological polar surface area (TPSA) is 22.0 Å². The molecule has 2 rings (SSSR count). The second-order valence-corrected chi connectivity index (χ2v) is 5.43. The molecule has 0 atom stereocenters. The van der Waals surface area contributed by atoms with Crippen molar-refractivity contribution in [3.8, 4) is 0 Å². The van der Waals surface area contributed by atoms with Gasteiger partial charge in [-0.15, -0.1) is 0 Å². The van der Waals surface area contributed by atoms with Crippen LogP contribution in [0.3, 0.4) is 0 Å². The number of carbonyl (C=O) groups is 1. The zero-order chi connectivity index (χ0) is 11.2. The summed E-state index contributed by atoms with van der Waals surface area (Å²) < 4.78 is 2.32. The highest BCUT2D eigenvalue weighted by molar-refractivity contribution is 5.98. The Morgan fingerprint density at radius 1 is 1.27 bits per heavy atom. The highest BCUT2D eigenvalue weighted by Crippen LogP contribution is 2.30. The summed E-state index contributed by atoms with van der Waals surface area (Å²) in [5, 5.41) is 0. The number of nitrogens with zero attached hydrogens (tertiary/aromatic N) is 1. The second-order valence-electron chi connectivity index (χ2n) is 5.43. The van der Waals surface area contributed by atoms with E-state index in [4.69, 9.17) is 0 Å². The van der Waals surface area contributed by atoms with Crippen LogP contribution in [0.5, 0.6) is 0 Å². The summed E-state index contributed by atoms with van der Waals surface area (Å²) in [5.74, 6) is 0.322. The normalized spacial score (nSPS) is 16.7. The third-order valence-electron chi connectivity index (χ3n) is 3.08. The molecule has 0 fully saturated rings. The van der Waals surface area contributed by atoms with Gasteiger partial charge in [0.2, 0.25) is 0 Å². The van der Waals surface area contributed by atoms with Crippen molar-refractivity contribution in [2.75, 3.05) is 0 Å². The van der Waals surface area contributed by atoms with Gasteiger partial charge in [-0.1, -0.05) is 0 Å². The lowest BCUT2D eigenvalue weighted by molar-refractivity contribution is 0.0971. The summed E-state index contributed by atoms with van der Waals surface area (Å²) in [6.07, 6.45) is 2.78. The van der Waals surface area contributed by atoms with Crippen LogP contribution in [-0.4, -0.2) is 10.4 Å². The highest BCUT2D eigenvalue weighted by Gasteiger charge is 2.27. The molecular weight excluding hydrogens is 186 g/mol. The van der Waals surface area contributed by atoms with Gasteiger partial charge in [-0.05, 0) is 46.6 Å². The molecular formula is C13H19NO. The van der Waals surface area contributed by atoms with Crippen molar-refractivity contribution in [1.82, 2.24) is 4.57 Å². The summed E-state index contributed by atoms with van der Waals surface area (Å²) in [6, 6.07) is 2.06. The van der Waals surface area contributed by atoms with E-state index in [-0.39, 0.29) is 5.54 Å². The minimum Gasteiger partial charge on any atom is -0.343 e. The summed E-state index contributed by atoms with van der Waals surface area (Å²) in [5.41, 5.74) is 3.50. The molecule has 0 bridgehead atoms. The quantitative estimate of drug-likeness (QED) is 0.638. The number of fused-ring (bicyclic) bond motifs is 1. The molecule has 0 N–H and O–H groups in total. The van der Waals surface area contributed by atoms with E-state index in [1.165, 1.54) is 11.4 Å². The van der Waals surface area contributed by atoms with Crippen molar-refractivity contribution in [3.63, 3.8) is 0 Å². The lowest BCUT2D eigenvalue weighted by atomic mass is 9.96. The Morgan fingerprint density at radius 3 is 2.53 bits per heavy atom. The van der Waals surface area contributed by atoms with Crippen molar-refractivity contribution in [2.45, 2.75) is 52.5 Å². The average molecular weight is 205 g/mol. The Hall–Kier alpha value is -1.05. The number of carbonyl (C=O) groups excluding carboxylic acids is 1. The van der Waals surface area contributed by atoms with Gasteiger partial charge >= 0.3 is 0 Å². The van der Waals surface area contributed by atoms with Crippen molar-refractivity contribution >= 4 is 5.78 Å². The second kappa shape index (κ2) is 3.22. The monoisotopic (exact) mass is 205 g/mol. The first-order valence-electron chi connectivity index (χ1n) is 5.66. The number of rotatable bonds is 0. The molecule has 0 spiro atoms. The Bertz CT molecular complexity index is 407. The zero-order valence-electron chi connectivity index (χ0n) is 10.1. The van der Waals surface area contributed by atoms with Gasteiger partial charge in [0, 0.05) is 28.9 Å². The fourth-order valence-corrected chi connectivity index (χ4v) is 2.66. The third kappa shape index (κ3) is 1.62. The van der Waals surface area contributed by atoms with Crippen LogP contribution in [-0.2, 0) is 12.0 Å². The molecule has 15 heavy (non-hydrogen) atoms. The van der Waals surface area contributed by atoms with Crippen LogP contribution in [0.4, 0.5) is 0 Å². The maximum absolute atomic E-state index is 11.8. The van der Waals surface area contributed by atoms with Gasteiger partial charge in [-0.25, -0.2) is 0 Å². The van der Waals surface area contributed by atoms with Crippen LogP contribution in [0, 0.1) is 6.92 Å². The van der Waals surface area contributed by atoms with E-state index in [9.17, 15) is 4.79 Å². The number of hydrogen-bond acceptors (Lipinski definition) is 1. The van der Waals surface area contributed by atoms with Crippen LogP contribution < -0.4 is 0 Å². The first-order chi connectivity index (χ1) is 6.91. The van der Waals surface area contributed by atoms with E-state index in [0.717, 1.165) is 24.8 Å². The molecule has 1 heterocycles. The van der Waals surface area contributed by atoms with Crippen LogP contribution in [0.2, 0.25) is 0 Å². The summed E-state index contributed by atoms with van der Waals surface area (Å²) in [6.45, 7) is 8.68. The standard InChI is InChI=1S/C13H19NO/c1-9-8-10-11(6-5-7-12(10)15)14(9)13(2,3)4/h8H,5-7H2,1-4H3. The van der Waals surface area contributed by atoms with E-state index in [2.05, 4.69) is 38.3 Å². The van der Waals surface area contributed by atoms with E-state index < -0.39 is 0 Å². The van der Waals surface area contributed by atoms with Gasteiger partial charge in [0.1, 0.15) is 0 Å². The van der Waals surface area contributed by atoms with Gasteiger partial charge in [0.25, 0.3) is 0 Å². The van der Waals surface area contributed by atoms with Gasteiger partial charge in [-0.2, -0.15) is 0 Å². The minimum absolute atomic E-state index is 0.0787. The molecule has 0 radical (unpaired) electrons. The SMILES string of the molecule is Cc1cc2c(n1C(C)(C)C)CCCC2=O.